The summed E-state index contributed by atoms with van der Waals surface area (Å²) in [6, 6.07) is 8.61. The normalized spacial score (nSPS) is 11.0. The fraction of sp³-hybridized carbons (Fsp3) is 0.250. The van der Waals surface area contributed by atoms with Gasteiger partial charge in [0.05, 0.1) is 13.0 Å². The Morgan fingerprint density at radius 3 is 2.48 bits per heavy atom. The highest BCUT2D eigenvalue weighted by atomic mass is 32.2. The van der Waals surface area contributed by atoms with E-state index in [1.807, 2.05) is 36.8 Å². The number of hydrogen-bond donors (Lipinski definition) is 1. The van der Waals surface area contributed by atoms with Crippen molar-refractivity contribution in [2.75, 3.05) is 6.61 Å². The van der Waals surface area contributed by atoms with Gasteiger partial charge in [-0.2, -0.15) is 0 Å². The van der Waals surface area contributed by atoms with Gasteiger partial charge in [0, 0.05) is 12.4 Å². The van der Waals surface area contributed by atoms with Crippen LogP contribution in [0, 0.1) is 13.8 Å². The molecule has 0 aliphatic carbocycles. The molecule has 1 N–H and O–H groups in total. The molecule has 7 heteroatoms. The Morgan fingerprint density at radius 2 is 1.87 bits per heavy atom. The molecule has 0 unspecified atom stereocenters. The molecule has 6 nitrogen and oxygen atoms in total. The first-order valence-electron chi connectivity index (χ1n) is 7.05. The van der Waals surface area contributed by atoms with Crippen LogP contribution in [-0.2, 0) is 14.8 Å². The van der Waals surface area contributed by atoms with Gasteiger partial charge in [0.25, 0.3) is 10.0 Å². The Hall–Kier alpha value is -2.41. The number of carbonyl (C=O) groups is 1. The van der Waals surface area contributed by atoms with Gasteiger partial charge in [-0.25, -0.2) is 13.1 Å². The third-order valence-corrected chi connectivity index (χ3v) is 4.54. The van der Waals surface area contributed by atoms with Crippen LogP contribution in [0.5, 0.6) is 5.75 Å². The van der Waals surface area contributed by atoms with Crippen LogP contribution in [0.2, 0.25) is 0 Å². The average molecular weight is 334 g/mol. The van der Waals surface area contributed by atoms with E-state index in [1.54, 1.807) is 0 Å². The van der Waals surface area contributed by atoms with Gasteiger partial charge in [0.1, 0.15) is 10.6 Å². The second-order valence-electron chi connectivity index (χ2n) is 5.04. The highest BCUT2D eigenvalue weighted by Gasteiger charge is 2.17. The molecule has 122 valence electrons. The van der Waals surface area contributed by atoms with Crippen molar-refractivity contribution in [3.05, 3.63) is 53.9 Å². The predicted octanol–water partition coefficient (Wildman–Crippen LogP) is 1.97. The average Bonchev–Trinajstić information content (AvgIpc) is 2.51. The van der Waals surface area contributed by atoms with Crippen LogP contribution < -0.4 is 9.46 Å². The van der Waals surface area contributed by atoms with Gasteiger partial charge in [0.2, 0.25) is 5.91 Å². The van der Waals surface area contributed by atoms with E-state index in [2.05, 4.69) is 4.98 Å². The number of para-hydroxylation sites is 1. The maximum Gasteiger partial charge on any atom is 0.265 e. The van der Waals surface area contributed by atoms with Crippen molar-refractivity contribution in [1.29, 1.82) is 0 Å². The second kappa shape index (κ2) is 7.23. The Bertz CT molecular complexity index is 769. The minimum absolute atomic E-state index is 0.0518. The zero-order chi connectivity index (χ0) is 16.9. The van der Waals surface area contributed by atoms with Crippen molar-refractivity contribution in [3.8, 4) is 5.75 Å². The van der Waals surface area contributed by atoms with Crippen molar-refractivity contribution in [2.24, 2.45) is 0 Å². The van der Waals surface area contributed by atoms with Crippen molar-refractivity contribution in [3.63, 3.8) is 0 Å². The summed E-state index contributed by atoms with van der Waals surface area (Å²) in [6.45, 7) is 3.92. The molecule has 0 saturated carbocycles. The standard InChI is InChI=1S/C16H18N2O4S/c1-12-5-3-6-13(2)16(12)22-10-8-15(19)18-23(20,21)14-7-4-9-17-11-14/h3-7,9,11H,8,10H2,1-2H3,(H,18,19). The topological polar surface area (TPSA) is 85.4 Å². The van der Waals surface area contributed by atoms with Crippen LogP contribution in [0.25, 0.3) is 0 Å². The Morgan fingerprint density at radius 1 is 1.17 bits per heavy atom. The predicted molar refractivity (Wildman–Crippen MR) is 85.6 cm³/mol. The maximum atomic E-state index is 12.0. The molecule has 0 atom stereocenters. The number of ether oxygens (including phenoxy) is 1. The fourth-order valence-electron chi connectivity index (χ4n) is 2.04. The van der Waals surface area contributed by atoms with Crippen molar-refractivity contribution in [1.82, 2.24) is 9.71 Å². The van der Waals surface area contributed by atoms with E-state index in [-0.39, 0.29) is 17.9 Å². The van der Waals surface area contributed by atoms with Crippen molar-refractivity contribution >= 4 is 15.9 Å². The smallest absolute Gasteiger partial charge is 0.265 e. The van der Waals surface area contributed by atoms with E-state index in [1.165, 1.54) is 24.5 Å². The van der Waals surface area contributed by atoms with Crippen LogP contribution in [-0.4, -0.2) is 25.9 Å². The van der Waals surface area contributed by atoms with Gasteiger partial charge in [-0.3, -0.25) is 9.78 Å². The number of nitrogens with zero attached hydrogens (tertiary/aromatic N) is 1. The molecule has 2 aromatic rings. The zero-order valence-electron chi connectivity index (χ0n) is 12.9. The highest BCUT2D eigenvalue weighted by Crippen LogP contribution is 2.22. The molecule has 1 heterocycles. The minimum atomic E-state index is -3.89. The summed E-state index contributed by atoms with van der Waals surface area (Å²) in [7, 11) is -3.89. The Labute approximate surface area is 135 Å². The first-order valence-corrected chi connectivity index (χ1v) is 8.53. The maximum absolute atomic E-state index is 12.0. The van der Waals surface area contributed by atoms with E-state index in [0.717, 1.165) is 16.9 Å². The number of rotatable bonds is 6. The summed E-state index contributed by atoms with van der Waals surface area (Å²) < 4.78 is 31.5. The molecule has 0 aliphatic heterocycles. The van der Waals surface area contributed by atoms with Crippen LogP contribution in [0.1, 0.15) is 17.5 Å². The summed E-state index contributed by atoms with van der Waals surface area (Å²) in [5, 5.41) is 0. The second-order valence-corrected chi connectivity index (χ2v) is 6.72. The van der Waals surface area contributed by atoms with E-state index < -0.39 is 15.9 Å². The molecule has 0 bridgehead atoms. The molecule has 1 aromatic heterocycles. The van der Waals surface area contributed by atoms with Crippen LogP contribution in [0.3, 0.4) is 0 Å². The number of nitrogens with one attached hydrogen (secondary N) is 1. The number of benzene rings is 1. The van der Waals surface area contributed by atoms with Crippen LogP contribution >= 0.6 is 0 Å². The zero-order valence-corrected chi connectivity index (χ0v) is 13.8. The summed E-state index contributed by atoms with van der Waals surface area (Å²) in [5.41, 5.74) is 1.93. The molecule has 23 heavy (non-hydrogen) atoms. The number of hydrogen-bond acceptors (Lipinski definition) is 5. The molecule has 2 rings (SSSR count). The van der Waals surface area contributed by atoms with Gasteiger partial charge in [-0.1, -0.05) is 18.2 Å². The molecular formula is C16H18N2O4S. The molecule has 0 radical (unpaired) electrons. The first-order chi connectivity index (χ1) is 10.9. The van der Waals surface area contributed by atoms with Crippen LogP contribution in [0.15, 0.2) is 47.6 Å². The fourth-order valence-corrected chi connectivity index (χ4v) is 3.02. The van der Waals surface area contributed by atoms with Gasteiger partial charge in [-0.05, 0) is 37.1 Å². The summed E-state index contributed by atoms with van der Waals surface area (Å²) in [5.74, 6) is 0.0931. The first kappa shape index (κ1) is 17.0. The Kier molecular flexibility index (Phi) is 5.33. The van der Waals surface area contributed by atoms with Crippen molar-refractivity contribution in [2.45, 2.75) is 25.2 Å². The lowest BCUT2D eigenvalue weighted by Crippen LogP contribution is -2.31. The molecule has 0 spiro atoms. The van der Waals surface area contributed by atoms with Gasteiger partial charge in [-0.15, -0.1) is 0 Å². The number of aromatic nitrogens is 1. The SMILES string of the molecule is Cc1cccc(C)c1OCCC(=O)NS(=O)(=O)c1cccnc1. The summed E-state index contributed by atoms with van der Waals surface area (Å²) >= 11 is 0. The van der Waals surface area contributed by atoms with E-state index in [9.17, 15) is 13.2 Å². The lowest BCUT2D eigenvalue weighted by molar-refractivity contribution is -0.119. The summed E-state index contributed by atoms with van der Waals surface area (Å²) in [6.07, 6.45) is 2.58. The van der Waals surface area contributed by atoms with Gasteiger partial charge < -0.3 is 4.74 Å². The van der Waals surface area contributed by atoms with Crippen molar-refractivity contribution < 1.29 is 17.9 Å². The van der Waals surface area contributed by atoms with E-state index in [4.69, 9.17) is 4.74 Å². The third-order valence-electron chi connectivity index (χ3n) is 3.18. The monoisotopic (exact) mass is 334 g/mol. The molecule has 0 fully saturated rings. The lowest BCUT2D eigenvalue weighted by Gasteiger charge is -2.12. The number of aryl methyl sites for hydroxylation is 2. The van der Waals surface area contributed by atoms with Gasteiger partial charge >= 0.3 is 0 Å². The number of pyridine rings is 1. The minimum Gasteiger partial charge on any atom is -0.493 e. The summed E-state index contributed by atoms with van der Waals surface area (Å²) in [4.78, 5) is 15.5. The van der Waals surface area contributed by atoms with Gasteiger partial charge in [0.15, 0.2) is 0 Å². The molecule has 1 amide bonds. The largest absolute Gasteiger partial charge is 0.493 e. The van der Waals surface area contributed by atoms with E-state index >= 15 is 0 Å². The van der Waals surface area contributed by atoms with E-state index in [0.29, 0.717) is 0 Å². The lowest BCUT2D eigenvalue weighted by atomic mass is 10.1. The molecule has 0 aliphatic rings. The number of sulfonamides is 1. The molecule has 1 aromatic carbocycles. The molecular weight excluding hydrogens is 316 g/mol. The third kappa shape index (κ3) is 4.53. The molecule has 0 saturated heterocycles. The highest BCUT2D eigenvalue weighted by molar-refractivity contribution is 7.90. The number of carbonyl (C=O) groups excluding carboxylic acids is 1. The number of amides is 1. The quantitative estimate of drug-likeness (QED) is 0.873. The van der Waals surface area contributed by atoms with Crippen LogP contribution in [0.4, 0.5) is 0 Å². The Balaban J connectivity index is 1.91.